The fourth-order valence-electron chi connectivity index (χ4n) is 2.25. The highest BCUT2D eigenvalue weighted by atomic mass is 79.9. The lowest BCUT2D eigenvalue weighted by Crippen LogP contribution is -2.06. The summed E-state index contributed by atoms with van der Waals surface area (Å²) in [6.45, 7) is 6.23. The number of aliphatic hydroxyl groups is 1. The van der Waals surface area contributed by atoms with Crippen LogP contribution in [0.25, 0.3) is 0 Å². The third kappa shape index (κ3) is 3.47. The van der Waals surface area contributed by atoms with Gasteiger partial charge in [0, 0.05) is 12.6 Å². The molecule has 0 aliphatic rings. The Hall–Kier alpha value is -1.33. The molecule has 0 aliphatic heterocycles. The fraction of sp³-hybridized carbons (Fsp3) is 0.438. The molecule has 1 aromatic heterocycles. The Labute approximate surface area is 133 Å². The van der Waals surface area contributed by atoms with Crippen LogP contribution in [0.2, 0.25) is 0 Å². The summed E-state index contributed by atoms with van der Waals surface area (Å²) in [4.78, 5) is 0. The van der Waals surface area contributed by atoms with E-state index in [0.29, 0.717) is 12.4 Å². The number of nitrogens with zero attached hydrogens (tertiary/aromatic N) is 2. The summed E-state index contributed by atoms with van der Waals surface area (Å²) in [5, 5.41) is 14.3. The van der Waals surface area contributed by atoms with Gasteiger partial charge in [-0.25, -0.2) is 0 Å². The first-order valence-electron chi connectivity index (χ1n) is 7.05. The molecule has 1 N–H and O–H groups in total. The molecule has 1 atom stereocenters. The minimum Gasteiger partial charge on any atom is -0.487 e. The van der Waals surface area contributed by atoms with Crippen molar-refractivity contribution < 1.29 is 9.84 Å². The van der Waals surface area contributed by atoms with E-state index in [2.05, 4.69) is 28.0 Å². The van der Waals surface area contributed by atoms with Gasteiger partial charge in [0.15, 0.2) is 0 Å². The molecule has 0 fully saturated rings. The van der Waals surface area contributed by atoms with Gasteiger partial charge in [0.2, 0.25) is 0 Å². The lowest BCUT2D eigenvalue weighted by Gasteiger charge is -2.14. The monoisotopic (exact) mass is 352 g/mol. The quantitative estimate of drug-likeness (QED) is 0.892. The molecule has 0 saturated carbocycles. The van der Waals surface area contributed by atoms with Crippen LogP contribution in [-0.4, -0.2) is 14.9 Å². The molecule has 0 spiro atoms. The molecule has 0 bridgehead atoms. The number of rotatable bonds is 5. The van der Waals surface area contributed by atoms with Gasteiger partial charge in [-0.3, -0.25) is 4.68 Å². The second-order valence-corrected chi connectivity index (χ2v) is 5.98. The normalized spacial score (nSPS) is 12.5. The van der Waals surface area contributed by atoms with Crippen molar-refractivity contribution in [2.24, 2.45) is 7.05 Å². The first kappa shape index (κ1) is 16.0. The largest absolute Gasteiger partial charge is 0.487 e. The maximum absolute atomic E-state index is 9.87. The molecule has 21 heavy (non-hydrogen) atoms. The predicted octanol–water partition coefficient (Wildman–Crippen LogP) is 3.69. The minimum absolute atomic E-state index is 0.410. The van der Waals surface area contributed by atoms with E-state index < -0.39 is 6.10 Å². The highest BCUT2D eigenvalue weighted by Crippen LogP contribution is 2.28. The second kappa shape index (κ2) is 6.62. The number of aliphatic hydroxyl groups excluding tert-OH is 1. The summed E-state index contributed by atoms with van der Waals surface area (Å²) in [7, 11) is 1.91. The van der Waals surface area contributed by atoms with E-state index in [1.165, 1.54) is 0 Å². The van der Waals surface area contributed by atoms with E-state index in [4.69, 9.17) is 4.74 Å². The van der Waals surface area contributed by atoms with Crippen molar-refractivity contribution in [1.29, 1.82) is 0 Å². The van der Waals surface area contributed by atoms with Gasteiger partial charge in [-0.05, 0) is 48.3 Å². The zero-order valence-corrected chi connectivity index (χ0v) is 14.4. The predicted molar refractivity (Wildman–Crippen MR) is 86.4 cm³/mol. The molecule has 2 aromatic rings. The summed E-state index contributed by atoms with van der Waals surface area (Å²) in [6.07, 6.45) is 0.318. The van der Waals surface area contributed by atoms with Crippen molar-refractivity contribution in [2.75, 3.05) is 0 Å². The molecule has 0 amide bonds. The van der Waals surface area contributed by atoms with Crippen LogP contribution < -0.4 is 4.74 Å². The standard InChI is InChI=1S/C16H21BrN2O2/c1-5-13-16(17)14(19(4)18-13)9-21-15-7-6-10(2)8-12(15)11(3)20/h6-8,11,20H,5,9H2,1-4H3/t11-/m1/s1. The molecule has 5 heteroatoms. The van der Waals surface area contributed by atoms with Crippen LogP contribution in [0, 0.1) is 6.92 Å². The average molecular weight is 353 g/mol. The SMILES string of the molecule is CCc1nn(C)c(COc2ccc(C)cc2[C@@H](C)O)c1Br. The maximum atomic E-state index is 9.87. The number of hydrogen-bond acceptors (Lipinski definition) is 3. The number of aromatic nitrogens is 2. The molecule has 0 unspecified atom stereocenters. The van der Waals surface area contributed by atoms with E-state index in [9.17, 15) is 5.11 Å². The van der Waals surface area contributed by atoms with Crippen LogP contribution in [0.1, 0.15) is 42.5 Å². The van der Waals surface area contributed by atoms with Crippen LogP contribution in [0.15, 0.2) is 22.7 Å². The zero-order chi connectivity index (χ0) is 15.6. The second-order valence-electron chi connectivity index (χ2n) is 5.19. The topological polar surface area (TPSA) is 47.3 Å². The molecule has 1 heterocycles. The zero-order valence-electron chi connectivity index (χ0n) is 12.9. The van der Waals surface area contributed by atoms with Gasteiger partial charge < -0.3 is 9.84 Å². The van der Waals surface area contributed by atoms with E-state index in [1.54, 1.807) is 6.92 Å². The van der Waals surface area contributed by atoms with Crippen molar-refractivity contribution in [1.82, 2.24) is 9.78 Å². The molecule has 0 aliphatic carbocycles. The van der Waals surface area contributed by atoms with Crippen molar-refractivity contribution in [3.63, 3.8) is 0 Å². The molecular formula is C16H21BrN2O2. The number of benzene rings is 1. The Bertz CT molecular complexity index is 635. The summed E-state index contributed by atoms with van der Waals surface area (Å²) in [5.74, 6) is 0.710. The molecule has 0 radical (unpaired) electrons. The van der Waals surface area contributed by atoms with Crippen LogP contribution in [0.3, 0.4) is 0 Å². The van der Waals surface area contributed by atoms with E-state index in [-0.39, 0.29) is 0 Å². The number of hydrogen-bond donors (Lipinski definition) is 1. The lowest BCUT2D eigenvalue weighted by molar-refractivity contribution is 0.189. The Morgan fingerprint density at radius 2 is 2.14 bits per heavy atom. The van der Waals surface area contributed by atoms with Crippen LogP contribution in [0.4, 0.5) is 0 Å². The molecule has 1 aromatic carbocycles. The lowest BCUT2D eigenvalue weighted by atomic mass is 10.1. The van der Waals surface area contributed by atoms with Crippen molar-refractivity contribution in [2.45, 2.75) is 39.9 Å². The van der Waals surface area contributed by atoms with Crippen LogP contribution in [-0.2, 0) is 20.1 Å². The average Bonchev–Trinajstić information content (AvgIpc) is 2.72. The summed E-state index contributed by atoms with van der Waals surface area (Å²) in [6, 6.07) is 5.84. The van der Waals surface area contributed by atoms with Gasteiger partial charge in [-0.2, -0.15) is 5.10 Å². The molecule has 114 valence electrons. The highest BCUT2D eigenvalue weighted by molar-refractivity contribution is 9.10. The van der Waals surface area contributed by atoms with Gasteiger partial charge >= 0.3 is 0 Å². The first-order valence-corrected chi connectivity index (χ1v) is 7.85. The highest BCUT2D eigenvalue weighted by Gasteiger charge is 2.15. The van der Waals surface area contributed by atoms with Gasteiger partial charge in [-0.1, -0.05) is 18.6 Å². The molecular weight excluding hydrogens is 332 g/mol. The van der Waals surface area contributed by atoms with Gasteiger partial charge in [0.1, 0.15) is 12.4 Å². The summed E-state index contributed by atoms with van der Waals surface area (Å²) < 4.78 is 8.74. The van der Waals surface area contributed by atoms with Crippen molar-refractivity contribution in [3.05, 3.63) is 45.2 Å². The third-order valence-electron chi connectivity index (χ3n) is 3.48. The fourth-order valence-corrected chi connectivity index (χ4v) is 2.98. The number of aryl methyl sites for hydroxylation is 3. The summed E-state index contributed by atoms with van der Waals surface area (Å²) in [5.41, 5.74) is 3.93. The smallest absolute Gasteiger partial charge is 0.131 e. The third-order valence-corrected chi connectivity index (χ3v) is 4.40. The Morgan fingerprint density at radius 3 is 2.71 bits per heavy atom. The van der Waals surface area contributed by atoms with Gasteiger partial charge in [-0.15, -0.1) is 0 Å². The maximum Gasteiger partial charge on any atom is 0.131 e. The molecule has 4 nitrogen and oxygen atoms in total. The van der Waals surface area contributed by atoms with E-state index >= 15 is 0 Å². The van der Waals surface area contributed by atoms with Gasteiger partial charge in [0.05, 0.1) is 22.0 Å². The van der Waals surface area contributed by atoms with Crippen LogP contribution >= 0.6 is 15.9 Å². The number of halogens is 1. The van der Waals surface area contributed by atoms with E-state index in [0.717, 1.165) is 33.4 Å². The van der Waals surface area contributed by atoms with Crippen LogP contribution in [0.5, 0.6) is 5.75 Å². The Balaban J connectivity index is 2.23. The van der Waals surface area contributed by atoms with Crippen molar-refractivity contribution in [3.8, 4) is 5.75 Å². The van der Waals surface area contributed by atoms with Gasteiger partial charge in [0.25, 0.3) is 0 Å². The number of ether oxygens (including phenoxy) is 1. The first-order chi connectivity index (χ1) is 9.93. The molecule has 0 saturated heterocycles. The van der Waals surface area contributed by atoms with E-state index in [1.807, 2.05) is 36.9 Å². The summed E-state index contributed by atoms with van der Waals surface area (Å²) >= 11 is 3.58. The Morgan fingerprint density at radius 1 is 1.43 bits per heavy atom. The van der Waals surface area contributed by atoms with Crippen molar-refractivity contribution >= 4 is 15.9 Å². The Kier molecular flexibility index (Phi) is 5.06. The molecule has 2 rings (SSSR count). The minimum atomic E-state index is -0.555.